The van der Waals surface area contributed by atoms with Gasteiger partial charge in [0.25, 0.3) is 17.7 Å². The quantitative estimate of drug-likeness (QED) is 0.0156. The minimum absolute atomic E-state index is 0. The fourth-order valence-electron chi connectivity index (χ4n) is 13.3. The van der Waals surface area contributed by atoms with Crippen LogP contribution in [0.3, 0.4) is 0 Å². The number of thiazole rings is 3. The Morgan fingerprint density at radius 2 is 0.778 bits per heavy atom. The molecule has 52 heteroatoms. The maximum absolute atomic E-state index is 14.6. The monoisotopic (exact) mass is 1950 g/mol. The fourth-order valence-corrected chi connectivity index (χ4v) is 15.6. The predicted octanol–water partition coefficient (Wildman–Crippen LogP) is 5.20. The average molecular weight is 1960 g/mol. The summed E-state index contributed by atoms with van der Waals surface area (Å²) in [4.78, 5) is 99.4. The van der Waals surface area contributed by atoms with E-state index >= 15 is 0 Å². The van der Waals surface area contributed by atoms with Gasteiger partial charge in [0, 0.05) is 89.8 Å². The molecule has 12 aromatic heterocycles. The Morgan fingerprint density at radius 3 is 1.01 bits per heavy atom. The van der Waals surface area contributed by atoms with E-state index in [1.54, 1.807) is 86.0 Å². The number of aromatic amines is 2. The molecule has 135 heavy (non-hydrogen) atoms. The Labute approximate surface area is 799 Å². The summed E-state index contributed by atoms with van der Waals surface area (Å²) < 4.78 is 108. The van der Waals surface area contributed by atoms with Gasteiger partial charge in [0.05, 0.1) is 123 Å². The van der Waals surface area contributed by atoms with E-state index in [1.165, 1.54) is 34.0 Å². The standard InChI is InChI=1S/3C23H23F2N7O2S.C5H8O5.2C4H11NO3.CO2.Na/c3*1-2-34-15-5-3-14(4-6-15)32-11-17(21(31-32)20-16(24)7-8-19(25)30-20)28-22(33)18-12-35-23(29-18)13-9-26-27-10-13;1-5(10,4(8)9)2-3(6)7;2*5-4(1-6,2-7)3-8;2-1-3;/h2*7-12,14-15H,2-6H2,1H3,(H,26,27)(H,28,33);7-12,14-15H,2-6H2,1H3,(H2,26,27,28,29,33);10H,2H2,1H3,(H,6,7)(H,8,9);2*6-8H,1-3,5H2;;/q;;;;;;;+1/p-1. The van der Waals surface area contributed by atoms with Crippen molar-refractivity contribution in [3.05, 3.63) is 161 Å². The molecule has 3 fully saturated rings. The smallest absolute Gasteiger partial charge is 0.581 e. The van der Waals surface area contributed by atoms with E-state index in [1.807, 2.05) is 20.8 Å². The van der Waals surface area contributed by atoms with Crippen molar-refractivity contribution >= 4 is 86.9 Å². The van der Waals surface area contributed by atoms with Gasteiger partial charge in [-0.3, -0.25) is 43.4 Å². The van der Waals surface area contributed by atoms with Crippen LogP contribution < -0.4 is 62.1 Å². The first kappa shape index (κ1) is 109. The number of carbonyl (C=O) groups excluding carboxylic acids is 5. The molecule has 1 unspecified atom stereocenters. The Balaban J connectivity index is 0.000000216. The van der Waals surface area contributed by atoms with Gasteiger partial charge in [-0.05, 0) is 141 Å². The van der Waals surface area contributed by atoms with Crippen LogP contribution in [0.1, 0.15) is 161 Å². The van der Waals surface area contributed by atoms with Crippen LogP contribution in [0, 0.1) is 35.3 Å². The first-order chi connectivity index (χ1) is 64.2. The number of pyridine rings is 3. The van der Waals surface area contributed by atoms with E-state index in [-0.39, 0.29) is 140 Å². The van der Waals surface area contributed by atoms with Gasteiger partial charge < -0.3 is 97.8 Å². The summed E-state index contributed by atoms with van der Waals surface area (Å²) in [5.41, 5.74) is 8.57. The number of amides is 3. The molecule has 3 aliphatic rings. The number of ether oxygens (including phenoxy) is 3. The molecule has 0 aromatic carbocycles. The van der Waals surface area contributed by atoms with Gasteiger partial charge in [0.15, 0.2) is 23.1 Å². The molecule has 0 aliphatic heterocycles. The maximum atomic E-state index is 14.6. The largest absolute Gasteiger partial charge is 1.00 e. The molecular weight excluding hydrogens is 1860 g/mol. The van der Waals surface area contributed by atoms with Crippen molar-refractivity contribution in [3.8, 4) is 65.9 Å². The number of hydrogen-bond acceptors (Lipinski definition) is 34. The normalized spacial score (nSPS) is 16.7. The van der Waals surface area contributed by atoms with Crippen LogP contribution in [-0.2, 0) is 33.4 Å². The van der Waals surface area contributed by atoms with E-state index in [2.05, 4.69) is 91.7 Å². The summed E-state index contributed by atoms with van der Waals surface area (Å²) >= 11 is 3.87. The number of carbonyl (C=O) groups is 5. The van der Waals surface area contributed by atoms with Crippen LogP contribution in [0.4, 0.5) is 43.4 Å². The Morgan fingerprint density at radius 1 is 0.481 bits per heavy atom. The first-order valence-corrected chi connectivity index (χ1v) is 44.0. The maximum Gasteiger partial charge on any atom is 1.00 e. The number of halogens is 6. The van der Waals surface area contributed by atoms with Crippen LogP contribution in [0.25, 0.3) is 65.9 Å². The number of carboxylic acids is 2. The summed E-state index contributed by atoms with van der Waals surface area (Å²) in [5, 5.41) is 124. The minimum atomic E-state index is -2.16. The van der Waals surface area contributed by atoms with Gasteiger partial charge in [-0.1, -0.05) is 0 Å². The summed E-state index contributed by atoms with van der Waals surface area (Å²) in [7, 11) is 0. The second kappa shape index (κ2) is 52.5. The topological polar surface area (TPSA) is 633 Å². The third-order valence-corrected chi connectivity index (χ3v) is 23.2. The zero-order valence-electron chi connectivity index (χ0n) is 73.3. The summed E-state index contributed by atoms with van der Waals surface area (Å²) in [6, 6.07) is 5.92. The number of nitrogens with two attached hydrogens (primary N) is 2. The third kappa shape index (κ3) is 31.0. The van der Waals surface area contributed by atoms with E-state index in [9.17, 15) is 50.3 Å². The minimum Gasteiger partial charge on any atom is -0.581 e. The SMILES string of the molecule is CC(O)(CC(=O)O)C(=O)O.CCOC1CCC(n2cc(NC(=O)c3csc(-c4cn[n-]c4)n3)c(-c3nc(F)ccc3F)n2)CC1.CCOC1CCC(n2cc(NC(=O)c3csc(-c4cn[nH]c4)n3)c(-c3nc(F)ccc3F)n2)CC1.CCOC1CCC(n2cc(NC(=O)c3csc(-c4cn[nH]c4)n3)c(-c3nc(F)ccc3F)n2)CC1.NC(CO)(CO)CO.NC(CO)(CO)CO.O=C=O.[Na+]. The van der Waals surface area contributed by atoms with E-state index in [4.69, 9.17) is 81.2 Å². The van der Waals surface area contributed by atoms with Crippen molar-refractivity contribution < 1.29 is 150 Å². The molecule has 720 valence electrons. The zero-order chi connectivity index (χ0) is 97.4. The second-order valence-electron chi connectivity index (χ2n) is 30.5. The van der Waals surface area contributed by atoms with Crippen LogP contribution in [-0.4, -0.2) is 261 Å². The van der Waals surface area contributed by atoms with Crippen molar-refractivity contribution in [2.45, 2.75) is 164 Å². The van der Waals surface area contributed by atoms with Crippen LogP contribution in [0.15, 0.2) is 108 Å². The molecule has 1 atom stereocenters. The summed E-state index contributed by atoms with van der Waals surface area (Å²) in [6.07, 6.45) is 24.9. The van der Waals surface area contributed by atoms with Crippen LogP contribution in [0.5, 0.6) is 0 Å². The molecule has 3 saturated carbocycles. The van der Waals surface area contributed by atoms with E-state index in [0.29, 0.717) is 40.4 Å². The molecule has 0 spiro atoms. The molecule has 15 rings (SSSR count). The molecule has 0 bridgehead atoms. The van der Waals surface area contributed by atoms with Crippen molar-refractivity contribution in [2.24, 2.45) is 11.5 Å². The molecule has 42 nitrogen and oxygen atoms in total. The third-order valence-electron chi connectivity index (χ3n) is 20.6. The zero-order valence-corrected chi connectivity index (χ0v) is 77.8. The number of rotatable bonds is 30. The summed E-state index contributed by atoms with van der Waals surface area (Å²) in [6.45, 7) is 6.44. The fraction of sp³-hybridized carbons (Fsp3) is 0.422. The Bertz CT molecular complexity index is 5260. The molecule has 12 aromatic rings. The number of anilines is 3. The average Bonchev–Trinajstić information content (AvgIpc) is 1.65. The molecular formula is C83H98F6N23NaO19S3. The Kier molecular flexibility index (Phi) is 42.3. The number of aliphatic carboxylic acids is 2. The molecule has 3 amide bonds. The summed E-state index contributed by atoms with van der Waals surface area (Å²) in [5.74, 6) is -9.08. The van der Waals surface area contributed by atoms with Gasteiger partial charge in [-0.15, -0.1) is 40.2 Å². The number of aromatic nitrogens is 18. The second-order valence-corrected chi connectivity index (χ2v) is 33.0. The molecule has 0 radical (unpaired) electrons. The van der Waals surface area contributed by atoms with Crippen molar-refractivity contribution in [2.75, 3.05) is 75.4 Å². The molecule has 0 saturated heterocycles. The number of hydrogen-bond donors (Lipinski definition) is 16. The van der Waals surface area contributed by atoms with Crippen molar-refractivity contribution in [1.82, 2.24) is 89.8 Å². The number of H-pyrrole nitrogens is 2. The van der Waals surface area contributed by atoms with Crippen LogP contribution in [0.2, 0.25) is 0 Å². The first-order valence-electron chi connectivity index (χ1n) is 41.4. The van der Waals surface area contributed by atoms with Gasteiger partial charge in [-0.25, -0.2) is 47.9 Å². The molecule has 12 heterocycles. The number of aliphatic hydroxyl groups is 7. The number of nitrogens with one attached hydrogen (secondary N) is 5. The Hall–Kier alpha value is -11.6. The van der Waals surface area contributed by atoms with Gasteiger partial charge in [0.2, 0.25) is 17.8 Å². The van der Waals surface area contributed by atoms with Crippen molar-refractivity contribution in [3.63, 3.8) is 0 Å². The van der Waals surface area contributed by atoms with Crippen molar-refractivity contribution in [1.29, 1.82) is 0 Å². The molecule has 18 N–H and O–H groups in total. The van der Waals surface area contributed by atoms with Gasteiger partial charge in [0.1, 0.15) is 66.3 Å². The predicted molar refractivity (Wildman–Crippen MR) is 469 cm³/mol. The number of nitrogens with zero attached hydrogens (tertiary/aromatic N) is 16. The van der Waals surface area contributed by atoms with Gasteiger partial charge >= 0.3 is 47.6 Å². The number of aliphatic hydroxyl groups excluding tert-OH is 6. The van der Waals surface area contributed by atoms with E-state index < -0.39 is 128 Å². The van der Waals surface area contributed by atoms with Gasteiger partial charge in [-0.2, -0.15) is 48.3 Å². The molecule has 3 aliphatic carbocycles. The van der Waals surface area contributed by atoms with Crippen LogP contribution >= 0.6 is 34.0 Å². The number of carboxylic acid groups (broad SMARTS) is 2. The van der Waals surface area contributed by atoms with E-state index in [0.717, 1.165) is 131 Å².